The van der Waals surface area contributed by atoms with Crippen LogP contribution in [-0.4, -0.2) is 24.2 Å². The van der Waals surface area contributed by atoms with Crippen LogP contribution in [0.5, 0.6) is 5.88 Å². The van der Waals surface area contributed by atoms with Crippen LogP contribution in [0.25, 0.3) is 0 Å². The molecule has 0 bridgehead atoms. The van der Waals surface area contributed by atoms with E-state index in [4.69, 9.17) is 9.47 Å². The zero-order valence-electron chi connectivity index (χ0n) is 8.66. The Bertz CT molecular complexity index is 376. The van der Waals surface area contributed by atoms with Crippen molar-refractivity contribution in [2.24, 2.45) is 0 Å². The number of nitrogens with zero attached hydrogens (tertiary/aromatic N) is 1. The summed E-state index contributed by atoms with van der Waals surface area (Å²) in [4.78, 5) is 15.5. The zero-order valence-corrected chi connectivity index (χ0v) is 8.66. The molecule has 0 aromatic carbocycles. The summed E-state index contributed by atoms with van der Waals surface area (Å²) in [7, 11) is 0. The van der Waals surface area contributed by atoms with Crippen LogP contribution in [0.3, 0.4) is 0 Å². The fourth-order valence-corrected chi connectivity index (χ4v) is 1.56. The first-order valence-electron chi connectivity index (χ1n) is 5.10. The highest BCUT2D eigenvalue weighted by Crippen LogP contribution is 2.22. The molecule has 4 heteroatoms. The molecule has 15 heavy (non-hydrogen) atoms. The minimum atomic E-state index is -0.321. The molecule has 0 saturated carbocycles. The van der Waals surface area contributed by atoms with Gasteiger partial charge < -0.3 is 9.47 Å². The van der Waals surface area contributed by atoms with Crippen LogP contribution in [0.15, 0.2) is 12.3 Å². The average molecular weight is 207 g/mol. The van der Waals surface area contributed by atoms with Crippen molar-refractivity contribution in [1.82, 2.24) is 4.98 Å². The third-order valence-corrected chi connectivity index (χ3v) is 2.27. The summed E-state index contributed by atoms with van der Waals surface area (Å²) in [5.74, 6) is 0.327. The molecule has 4 nitrogen and oxygen atoms in total. The molecule has 0 radical (unpaired) electrons. The van der Waals surface area contributed by atoms with E-state index in [0.29, 0.717) is 24.7 Å². The molecule has 0 aliphatic carbocycles. The van der Waals surface area contributed by atoms with Crippen molar-refractivity contribution in [2.75, 3.05) is 13.2 Å². The Morgan fingerprint density at radius 2 is 2.53 bits per heavy atom. The summed E-state index contributed by atoms with van der Waals surface area (Å²) in [6, 6.07) is 1.81. The summed E-state index contributed by atoms with van der Waals surface area (Å²) in [5.41, 5.74) is 1.49. The maximum Gasteiger partial charge on any atom is 0.339 e. The lowest BCUT2D eigenvalue weighted by Gasteiger charge is -2.15. The number of aromatic nitrogens is 1. The maximum absolute atomic E-state index is 11.4. The molecule has 1 aliphatic heterocycles. The van der Waals surface area contributed by atoms with Gasteiger partial charge in [0.15, 0.2) is 0 Å². The van der Waals surface area contributed by atoms with E-state index in [1.807, 2.05) is 0 Å². The van der Waals surface area contributed by atoms with Crippen molar-refractivity contribution >= 4 is 5.97 Å². The van der Waals surface area contributed by atoms with E-state index in [1.165, 1.54) is 6.20 Å². The van der Waals surface area contributed by atoms with Crippen LogP contribution >= 0.6 is 0 Å². The maximum atomic E-state index is 11.4. The van der Waals surface area contributed by atoms with Gasteiger partial charge >= 0.3 is 5.97 Å². The third-order valence-electron chi connectivity index (χ3n) is 2.27. The molecular formula is C11H13NO3. The van der Waals surface area contributed by atoms with Gasteiger partial charge in [0.2, 0.25) is 5.88 Å². The van der Waals surface area contributed by atoms with E-state index in [0.717, 1.165) is 18.4 Å². The topological polar surface area (TPSA) is 48.4 Å². The molecule has 2 rings (SSSR count). The van der Waals surface area contributed by atoms with E-state index in [9.17, 15) is 4.79 Å². The smallest absolute Gasteiger partial charge is 0.339 e. The Morgan fingerprint density at radius 1 is 1.67 bits per heavy atom. The van der Waals surface area contributed by atoms with E-state index < -0.39 is 0 Å². The minimum Gasteiger partial charge on any atom is -0.477 e. The lowest BCUT2D eigenvalue weighted by atomic mass is 10.1. The second-order valence-corrected chi connectivity index (χ2v) is 3.36. The highest BCUT2D eigenvalue weighted by Gasteiger charge is 2.15. The fraction of sp³-hybridized carbons (Fsp3) is 0.455. The van der Waals surface area contributed by atoms with Gasteiger partial charge in [-0.1, -0.05) is 0 Å². The van der Waals surface area contributed by atoms with Crippen LogP contribution in [0.1, 0.15) is 29.3 Å². The van der Waals surface area contributed by atoms with Gasteiger partial charge in [0.25, 0.3) is 0 Å². The predicted octanol–water partition coefficient (Wildman–Crippen LogP) is 1.58. The van der Waals surface area contributed by atoms with Gasteiger partial charge in [-0.05, 0) is 25.8 Å². The van der Waals surface area contributed by atoms with Crippen LogP contribution < -0.4 is 4.74 Å². The molecule has 1 aliphatic rings. The van der Waals surface area contributed by atoms with E-state index in [1.54, 1.807) is 13.0 Å². The molecular weight excluding hydrogens is 194 g/mol. The first-order chi connectivity index (χ1) is 7.31. The van der Waals surface area contributed by atoms with Crippen molar-refractivity contribution in [3.63, 3.8) is 0 Å². The van der Waals surface area contributed by atoms with Crippen molar-refractivity contribution < 1.29 is 14.3 Å². The summed E-state index contributed by atoms with van der Waals surface area (Å²) in [5, 5.41) is 0. The number of carbonyl (C=O) groups is 1. The third kappa shape index (κ3) is 2.09. The zero-order chi connectivity index (χ0) is 10.7. The molecule has 0 amide bonds. The number of pyridine rings is 1. The Balaban J connectivity index is 2.24. The number of rotatable bonds is 2. The lowest BCUT2D eigenvalue weighted by molar-refractivity contribution is 0.0525. The largest absolute Gasteiger partial charge is 0.477 e. The van der Waals surface area contributed by atoms with Gasteiger partial charge in [-0.3, -0.25) is 0 Å². The monoisotopic (exact) mass is 207 g/mol. The molecule has 0 unspecified atom stereocenters. The first kappa shape index (κ1) is 9.96. The summed E-state index contributed by atoms with van der Waals surface area (Å²) in [6.45, 7) is 2.87. The highest BCUT2D eigenvalue weighted by atomic mass is 16.5. The molecule has 80 valence electrons. The number of carbonyl (C=O) groups excluding carboxylic acids is 1. The van der Waals surface area contributed by atoms with Crippen LogP contribution in [0.4, 0.5) is 0 Å². The minimum absolute atomic E-state index is 0.321. The SMILES string of the molecule is CCOC(=O)c1cnc2c(c1)CCCO2. The Kier molecular flexibility index (Phi) is 2.85. The van der Waals surface area contributed by atoms with Gasteiger partial charge in [-0.25, -0.2) is 9.78 Å². The summed E-state index contributed by atoms with van der Waals surface area (Å²) < 4.78 is 10.3. The van der Waals surface area contributed by atoms with Crippen LogP contribution in [0, 0.1) is 0 Å². The second kappa shape index (κ2) is 4.29. The van der Waals surface area contributed by atoms with E-state index >= 15 is 0 Å². The van der Waals surface area contributed by atoms with Crippen LogP contribution in [-0.2, 0) is 11.2 Å². The molecule has 1 aromatic rings. The first-order valence-corrected chi connectivity index (χ1v) is 5.10. The molecule has 0 N–H and O–H groups in total. The Hall–Kier alpha value is -1.58. The number of ether oxygens (including phenoxy) is 2. The second-order valence-electron chi connectivity index (χ2n) is 3.36. The van der Waals surface area contributed by atoms with Gasteiger partial charge in [0.1, 0.15) is 0 Å². The summed E-state index contributed by atoms with van der Waals surface area (Å²) in [6.07, 6.45) is 3.39. The number of hydrogen-bond donors (Lipinski definition) is 0. The predicted molar refractivity (Wildman–Crippen MR) is 54.0 cm³/mol. The van der Waals surface area contributed by atoms with Crippen molar-refractivity contribution in [2.45, 2.75) is 19.8 Å². The molecule has 0 atom stereocenters. The van der Waals surface area contributed by atoms with E-state index in [-0.39, 0.29) is 5.97 Å². The molecule has 2 heterocycles. The van der Waals surface area contributed by atoms with Gasteiger partial charge in [0.05, 0.1) is 18.8 Å². The lowest BCUT2D eigenvalue weighted by Crippen LogP contribution is -2.12. The van der Waals surface area contributed by atoms with Crippen molar-refractivity contribution in [3.05, 3.63) is 23.4 Å². The van der Waals surface area contributed by atoms with E-state index in [2.05, 4.69) is 4.98 Å². The average Bonchev–Trinajstić information content (AvgIpc) is 2.29. The Morgan fingerprint density at radius 3 is 3.33 bits per heavy atom. The summed E-state index contributed by atoms with van der Waals surface area (Å²) >= 11 is 0. The number of aryl methyl sites for hydroxylation is 1. The van der Waals surface area contributed by atoms with Crippen molar-refractivity contribution in [3.8, 4) is 5.88 Å². The van der Waals surface area contributed by atoms with Crippen molar-refractivity contribution in [1.29, 1.82) is 0 Å². The number of hydrogen-bond acceptors (Lipinski definition) is 4. The molecule has 0 spiro atoms. The molecule has 0 fully saturated rings. The highest BCUT2D eigenvalue weighted by molar-refractivity contribution is 5.89. The standard InChI is InChI=1S/C11H13NO3/c1-2-14-11(13)9-6-8-4-3-5-15-10(8)12-7-9/h6-7H,2-5H2,1H3. The molecule has 1 aromatic heterocycles. The quantitative estimate of drug-likeness (QED) is 0.691. The number of esters is 1. The van der Waals surface area contributed by atoms with Gasteiger partial charge in [0, 0.05) is 11.8 Å². The fourth-order valence-electron chi connectivity index (χ4n) is 1.56. The van der Waals surface area contributed by atoms with Crippen LogP contribution in [0.2, 0.25) is 0 Å². The van der Waals surface area contributed by atoms with Gasteiger partial charge in [-0.2, -0.15) is 0 Å². The van der Waals surface area contributed by atoms with Gasteiger partial charge in [-0.15, -0.1) is 0 Å². The Labute approximate surface area is 88.2 Å². The number of fused-ring (bicyclic) bond motifs is 1. The normalized spacial score (nSPS) is 13.9. The molecule has 0 saturated heterocycles.